The van der Waals surface area contributed by atoms with Gasteiger partial charge in [0.15, 0.2) is 0 Å². The second-order valence-electron chi connectivity index (χ2n) is 7.52. The molecule has 2 amide bonds. The lowest BCUT2D eigenvalue weighted by Crippen LogP contribution is -2.36. The van der Waals surface area contributed by atoms with Gasteiger partial charge < -0.3 is 36.7 Å². The third-order valence-corrected chi connectivity index (χ3v) is 5.01. The van der Waals surface area contributed by atoms with E-state index >= 15 is 0 Å². The summed E-state index contributed by atoms with van der Waals surface area (Å²) in [7, 11) is 0. The second-order valence-corrected chi connectivity index (χ2v) is 7.52. The van der Waals surface area contributed by atoms with E-state index in [9.17, 15) is 19.8 Å². The summed E-state index contributed by atoms with van der Waals surface area (Å²) in [5.74, 6) is 0.674. The molecule has 9 nitrogen and oxygen atoms in total. The van der Waals surface area contributed by atoms with E-state index in [2.05, 4.69) is 10.6 Å². The monoisotopic (exact) mass is 452 g/mol. The van der Waals surface area contributed by atoms with E-state index in [0.717, 1.165) is 11.1 Å². The first-order valence-corrected chi connectivity index (χ1v) is 10.5. The predicted molar refractivity (Wildman–Crippen MR) is 124 cm³/mol. The van der Waals surface area contributed by atoms with Gasteiger partial charge in [-0.1, -0.05) is 24.3 Å². The fourth-order valence-corrected chi connectivity index (χ4v) is 3.01. The molecule has 3 aromatic rings. The molecule has 2 aromatic carbocycles. The molecular weight excluding hydrogens is 424 g/mol. The Bertz CT molecular complexity index is 979. The molecule has 0 spiro atoms. The van der Waals surface area contributed by atoms with Crippen LogP contribution < -0.4 is 22.1 Å². The standard InChI is InChI=1S/C24H28N4O5/c25-11-19(29)13-27-23(31)17-5-1-15(2-6-17)21-9-10-22(33-21)16-3-7-18(8-4-16)24(32)28-14-20(30)12-26/h1-10,19-20,29-30H,11-14,25-26H2,(H,27,31)(H,28,32). The number of rotatable bonds is 10. The van der Waals surface area contributed by atoms with Crippen molar-refractivity contribution in [3.05, 3.63) is 71.8 Å². The molecule has 2 atom stereocenters. The number of nitrogens with one attached hydrogen (secondary N) is 2. The molecule has 3 rings (SSSR count). The van der Waals surface area contributed by atoms with Crippen molar-refractivity contribution in [2.75, 3.05) is 26.2 Å². The van der Waals surface area contributed by atoms with Gasteiger partial charge in [-0.05, 0) is 36.4 Å². The van der Waals surface area contributed by atoms with Crippen LogP contribution in [-0.4, -0.2) is 60.4 Å². The zero-order valence-electron chi connectivity index (χ0n) is 18.0. The molecule has 0 saturated carbocycles. The quantitative estimate of drug-likeness (QED) is 0.264. The maximum Gasteiger partial charge on any atom is 0.251 e. The first-order chi connectivity index (χ1) is 15.9. The maximum absolute atomic E-state index is 12.1. The van der Waals surface area contributed by atoms with Gasteiger partial charge in [0.1, 0.15) is 11.5 Å². The smallest absolute Gasteiger partial charge is 0.251 e. The molecule has 0 saturated heterocycles. The van der Waals surface area contributed by atoms with Gasteiger partial charge in [0.25, 0.3) is 11.8 Å². The van der Waals surface area contributed by atoms with Gasteiger partial charge in [-0.25, -0.2) is 0 Å². The molecule has 33 heavy (non-hydrogen) atoms. The highest BCUT2D eigenvalue weighted by atomic mass is 16.3. The summed E-state index contributed by atoms with van der Waals surface area (Å²) in [5, 5.41) is 24.2. The topological polar surface area (TPSA) is 164 Å². The number of carbonyl (C=O) groups excluding carboxylic acids is 2. The highest BCUT2D eigenvalue weighted by Gasteiger charge is 2.12. The van der Waals surface area contributed by atoms with Crippen molar-refractivity contribution in [2.45, 2.75) is 12.2 Å². The van der Waals surface area contributed by atoms with Crippen molar-refractivity contribution in [1.29, 1.82) is 0 Å². The van der Waals surface area contributed by atoms with Crippen LogP contribution in [0.4, 0.5) is 0 Å². The molecular formula is C24H28N4O5. The number of hydrogen-bond acceptors (Lipinski definition) is 7. The van der Waals surface area contributed by atoms with Crippen LogP contribution >= 0.6 is 0 Å². The summed E-state index contributed by atoms with van der Waals surface area (Å²) in [6, 6.07) is 17.5. The van der Waals surface area contributed by atoms with E-state index in [-0.39, 0.29) is 38.0 Å². The van der Waals surface area contributed by atoms with Crippen LogP contribution in [0.1, 0.15) is 20.7 Å². The number of benzene rings is 2. The van der Waals surface area contributed by atoms with E-state index in [1.165, 1.54) is 0 Å². The molecule has 0 aliphatic carbocycles. The Hall–Kier alpha value is -3.50. The minimum atomic E-state index is -0.776. The fourth-order valence-electron chi connectivity index (χ4n) is 3.01. The third kappa shape index (κ3) is 6.50. The number of amides is 2. The Kier molecular flexibility index (Phi) is 8.34. The van der Waals surface area contributed by atoms with Gasteiger partial charge >= 0.3 is 0 Å². The van der Waals surface area contributed by atoms with Gasteiger partial charge in [-0.2, -0.15) is 0 Å². The van der Waals surface area contributed by atoms with E-state index in [1.807, 2.05) is 12.1 Å². The third-order valence-electron chi connectivity index (χ3n) is 5.01. The van der Waals surface area contributed by atoms with Crippen LogP contribution in [0.2, 0.25) is 0 Å². The lowest BCUT2D eigenvalue weighted by molar-refractivity contribution is 0.0914. The summed E-state index contributed by atoms with van der Waals surface area (Å²) in [5.41, 5.74) is 13.2. The average Bonchev–Trinajstić information content (AvgIpc) is 3.35. The van der Waals surface area contributed by atoms with Gasteiger partial charge in [0.2, 0.25) is 0 Å². The van der Waals surface area contributed by atoms with Crippen LogP contribution in [0.15, 0.2) is 65.1 Å². The molecule has 1 aromatic heterocycles. The molecule has 0 aliphatic rings. The minimum Gasteiger partial charge on any atom is -0.456 e. The van der Waals surface area contributed by atoms with Crippen LogP contribution in [0.3, 0.4) is 0 Å². The van der Waals surface area contributed by atoms with Crippen molar-refractivity contribution in [1.82, 2.24) is 10.6 Å². The minimum absolute atomic E-state index is 0.0783. The van der Waals surface area contributed by atoms with Crippen molar-refractivity contribution >= 4 is 11.8 Å². The van der Waals surface area contributed by atoms with Crippen molar-refractivity contribution < 1.29 is 24.2 Å². The highest BCUT2D eigenvalue weighted by molar-refractivity contribution is 5.95. The molecule has 0 fully saturated rings. The van der Waals surface area contributed by atoms with Crippen LogP contribution in [0.5, 0.6) is 0 Å². The Morgan fingerprint density at radius 2 is 1.06 bits per heavy atom. The van der Waals surface area contributed by atoms with Crippen LogP contribution in [-0.2, 0) is 0 Å². The molecule has 2 unspecified atom stereocenters. The predicted octanol–water partition coefficient (Wildman–Crippen LogP) is 0.712. The Labute approximate surface area is 191 Å². The molecule has 8 N–H and O–H groups in total. The van der Waals surface area contributed by atoms with E-state index < -0.39 is 12.2 Å². The lowest BCUT2D eigenvalue weighted by Gasteiger charge is -2.09. The Balaban J connectivity index is 1.63. The van der Waals surface area contributed by atoms with Gasteiger partial charge in [0, 0.05) is 48.4 Å². The Morgan fingerprint density at radius 1 is 0.697 bits per heavy atom. The van der Waals surface area contributed by atoms with E-state index in [0.29, 0.717) is 22.6 Å². The summed E-state index contributed by atoms with van der Waals surface area (Å²) in [6.07, 6.45) is -1.55. The highest BCUT2D eigenvalue weighted by Crippen LogP contribution is 2.29. The number of nitrogens with two attached hydrogens (primary N) is 2. The number of furan rings is 1. The average molecular weight is 453 g/mol. The lowest BCUT2D eigenvalue weighted by atomic mass is 10.1. The molecule has 0 aliphatic heterocycles. The molecule has 0 bridgehead atoms. The summed E-state index contributed by atoms with van der Waals surface area (Å²) in [6.45, 7) is 0.341. The van der Waals surface area contributed by atoms with Gasteiger partial charge in [0.05, 0.1) is 12.2 Å². The summed E-state index contributed by atoms with van der Waals surface area (Å²) < 4.78 is 5.95. The molecule has 0 radical (unpaired) electrons. The zero-order chi connectivity index (χ0) is 23.8. The number of hydrogen-bond donors (Lipinski definition) is 6. The zero-order valence-corrected chi connectivity index (χ0v) is 18.0. The second kappa shape index (κ2) is 11.4. The van der Waals surface area contributed by atoms with Crippen LogP contribution in [0, 0.1) is 0 Å². The molecule has 9 heteroatoms. The van der Waals surface area contributed by atoms with Crippen LogP contribution in [0.25, 0.3) is 22.6 Å². The van der Waals surface area contributed by atoms with E-state index in [4.69, 9.17) is 15.9 Å². The number of aliphatic hydroxyl groups is 2. The SMILES string of the molecule is NCC(O)CNC(=O)c1ccc(-c2ccc(-c3ccc(C(=O)NCC(O)CN)cc3)o2)cc1. The summed E-state index contributed by atoms with van der Waals surface area (Å²) >= 11 is 0. The number of carbonyl (C=O) groups is 2. The fraction of sp³-hybridized carbons (Fsp3) is 0.250. The first-order valence-electron chi connectivity index (χ1n) is 10.5. The van der Waals surface area contributed by atoms with E-state index in [1.54, 1.807) is 48.5 Å². The van der Waals surface area contributed by atoms with Crippen molar-refractivity contribution in [3.8, 4) is 22.6 Å². The largest absolute Gasteiger partial charge is 0.456 e. The first kappa shape index (κ1) is 24.1. The normalized spacial score (nSPS) is 12.7. The number of aliphatic hydroxyl groups excluding tert-OH is 2. The van der Waals surface area contributed by atoms with Gasteiger partial charge in [-0.3, -0.25) is 9.59 Å². The Morgan fingerprint density at radius 3 is 1.39 bits per heavy atom. The van der Waals surface area contributed by atoms with Crippen molar-refractivity contribution in [2.24, 2.45) is 11.5 Å². The molecule has 1 heterocycles. The van der Waals surface area contributed by atoms with Gasteiger partial charge in [-0.15, -0.1) is 0 Å². The molecule has 174 valence electrons. The van der Waals surface area contributed by atoms with Crippen molar-refractivity contribution in [3.63, 3.8) is 0 Å². The maximum atomic E-state index is 12.1. The summed E-state index contributed by atoms with van der Waals surface area (Å²) in [4.78, 5) is 24.3.